The minimum absolute atomic E-state index is 0.248. The molecule has 0 saturated carbocycles. The van der Waals surface area contributed by atoms with Gasteiger partial charge in [-0.3, -0.25) is 4.79 Å². The number of benzene rings is 1. The topological polar surface area (TPSA) is 61.3 Å². The monoisotopic (exact) mass is 424 g/mol. The van der Waals surface area contributed by atoms with Crippen LogP contribution >= 0.6 is 0 Å². The first-order valence-corrected chi connectivity index (χ1v) is 11.6. The van der Waals surface area contributed by atoms with Gasteiger partial charge in [0.1, 0.15) is 0 Å². The molecule has 1 heterocycles. The van der Waals surface area contributed by atoms with Crippen LogP contribution in [0, 0.1) is 0 Å². The van der Waals surface area contributed by atoms with Gasteiger partial charge in [0.05, 0.1) is 12.4 Å². The zero-order valence-electron chi connectivity index (χ0n) is 19.0. The van der Waals surface area contributed by atoms with Crippen LogP contribution < -0.4 is 4.74 Å². The summed E-state index contributed by atoms with van der Waals surface area (Å²) in [6, 6.07) is 8.36. The molecular formula is C26H36N2O3. The molecule has 0 saturated heterocycles. The van der Waals surface area contributed by atoms with Crippen molar-refractivity contribution in [2.45, 2.75) is 71.6 Å². The van der Waals surface area contributed by atoms with Crippen LogP contribution in [0.1, 0.15) is 70.8 Å². The van der Waals surface area contributed by atoms with E-state index in [2.05, 4.69) is 48.1 Å². The highest BCUT2D eigenvalue weighted by atomic mass is 16.5. The molecule has 0 N–H and O–H groups in total. The molecule has 0 aliphatic heterocycles. The van der Waals surface area contributed by atoms with Crippen LogP contribution in [-0.2, 0) is 16.0 Å². The fourth-order valence-corrected chi connectivity index (χ4v) is 3.13. The fraction of sp³-hybridized carbons (Fsp3) is 0.500. The Morgan fingerprint density at radius 3 is 2.42 bits per heavy atom. The van der Waals surface area contributed by atoms with Crippen molar-refractivity contribution in [2.75, 3.05) is 13.2 Å². The largest absolute Gasteiger partial charge is 0.423 e. The number of aryl methyl sites for hydroxylation is 1. The summed E-state index contributed by atoms with van der Waals surface area (Å²) in [4.78, 5) is 20.6. The van der Waals surface area contributed by atoms with Gasteiger partial charge < -0.3 is 9.47 Å². The van der Waals surface area contributed by atoms with Gasteiger partial charge in [0.25, 0.3) is 0 Å². The Morgan fingerprint density at radius 1 is 0.935 bits per heavy atom. The average molecular weight is 425 g/mol. The summed E-state index contributed by atoms with van der Waals surface area (Å²) >= 11 is 0. The molecule has 0 aliphatic rings. The van der Waals surface area contributed by atoms with Crippen molar-refractivity contribution in [3.63, 3.8) is 0 Å². The van der Waals surface area contributed by atoms with E-state index >= 15 is 0 Å². The van der Waals surface area contributed by atoms with Gasteiger partial charge in [-0.1, -0.05) is 56.7 Å². The van der Waals surface area contributed by atoms with Gasteiger partial charge in [-0.15, -0.1) is 0 Å². The molecule has 0 atom stereocenters. The number of carbonyl (C=O) groups is 1. The van der Waals surface area contributed by atoms with E-state index in [1.165, 1.54) is 18.4 Å². The number of aromatic nitrogens is 2. The first-order valence-electron chi connectivity index (χ1n) is 11.6. The van der Waals surface area contributed by atoms with Crippen molar-refractivity contribution in [3.8, 4) is 17.1 Å². The van der Waals surface area contributed by atoms with Crippen molar-refractivity contribution in [3.05, 3.63) is 54.4 Å². The Balaban J connectivity index is 1.73. The molecule has 0 bridgehead atoms. The standard InChI is InChI=1S/C26H36N2O3/c1-3-5-6-7-10-13-25(29)31-24-20-27-26(28-21-24)23-16-14-22(15-17-23)12-9-8-11-19-30-18-4-2/h5-6,14-17,20-21H,3-4,7-13,18-19H2,1-2H3/b6-5-. The maximum atomic E-state index is 11.9. The second kappa shape index (κ2) is 15.3. The molecular weight excluding hydrogens is 388 g/mol. The molecule has 1 aromatic carbocycles. The Labute approximate surface area is 186 Å². The fourth-order valence-electron chi connectivity index (χ4n) is 3.13. The minimum Gasteiger partial charge on any atom is -0.423 e. The summed E-state index contributed by atoms with van der Waals surface area (Å²) in [5.74, 6) is 0.768. The Kier molecular flexibility index (Phi) is 12.2. The third kappa shape index (κ3) is 10.4. The summed E-state index contributed by atoms with van der Waals surface area (Å²) in [6.45, 7) is 5.96. The van der Waals surface area contributed by atoms with Crippen LogP contribution in [0.4, 0.5) is 0 Å². The van der Waals surface area contributed by atoms with Crippen molar-refractivity contribution in [1.82, 2.24) is 9.97 Å². The first-order chi connectivity index (χ1) is 15.2. The van der Waals surface area contributed by atoms with Crippen LogP contribution in [0.2, 0.25) is 0 Å². The summed E-state index contributed by atoms with van der Waals surface area (Å²) in [5, 5.41) is 0. The van der Waals surface area contributed by atoms with Crippen molar-refractivity contribution < 1.29 is 14.3 Å². The number of carbonyl (C=O) groups excluding carboxylic acids is 1. The van der Waals surface area contributed by atoms with Crippen molar-refractivity contribution in [2.24, 2.45) is 0 Å². The van der Waals surface area contributed by atoms with E-state index in [0.29, 0.717) is 18.0 Å². The maximum absolute atomic E-state index is 11.9. The molecule has 5 nitrogen and oxygen atoms in total. The van der Waals surface area contributed by atoms with Gasteiger partial charge in [-0.05, 0) is 50.5 Å². The Morgan fingerprint density at radius 2 is 1.71 bits per heavy atom. The third-order valence-corrected chi connectivity index (χ3v) is 4.83. The lowest BCUT2D eigenvalue weighted by molar-refractivity contribution is -0.134. The highest BCUT2D eigenvalue weighted by Gasteiger charge is 2.07. The third-order valence-electron chi connectivity index (χ3n) is 4.83. The van der Waals surface area contributed by atoms with Crippen LogP contribution in [0.5, 0.6) is 5.75 Å². The second-order valence-electron chi connectivity index (χ2n) is 7.61. The lowest BCUT2D eigenvalue weighted by Gasteiger charge is -2.06. The highest BCUT2D eigenvalue weighted by Crippen LogP contribution is 2.19. The lowest BCUT2D eigenvalue weighted by Crippen LogP contribution is -2.08. The maximum Gasteiger partial charge on any atom is 0.311 e. The predicted molar refractivity (Wildman–Crippen MR) is 125 cm³/mol. The normalized spacial score (nSPS) is 11.2. The SMILES string of the molecule is CC/C=C\CCCC(=O)Oc1cnc(-c2ccc(CCCCCOCCC)cc2)nc1. The molecule has 31 heavy (non-hydrogen) atoms. The Hall–Kier alpha value is -2.53. The van der Waals surface area contributed by atoms with E-state index in [1.807, 2.05) is 12.1 Å². The number of allylic oxidation sites excluding steroid dienone is 2. The lowest BCUT2D eigenvalue weighted by atomic mass is 10.0. The second-order valence-corrected chi connectivity index (χ2v) is 7.61. The quantitative estimate of drug-likeness (QED) is 0.190. The van der Waals surface area contributed by atoms with Crippen molar-refractivity contribution in [1.29, 1.82) is 0 Å². The molecule has 168 valence electrons. The smallest absolute Gasteiger partial charge is 0.311 e. The summed E-state index contributed by atoms with van der Waals surface area (Å²) in [5.41, 5.74) is 2.27. The van der Waals surface area contributed by atoms with E-state index < -0.39 is 0 Å². The summed E-state index contributed by atoms with van der Waals surface area (Å²) in [7, 11) is 0. The van der Waals surface area contributed by atoms with Crippen LogP contribution in [0.25, 0.3) is 11.4 Å². The molecule has 0 amide bonds. The minimum atomic E-state index is -0.248. The number of rotatable bonds is 15. The summed E-state index contributed by atoms with van der Waals surface area (Å²) in [6.07, 6.45) is 16.0. The zero-order valence-corrected chi connectivity index (χ0v) is 19.0. The van der Waals surface area contributed by atoms with E-state index in [-0.39, 0.29) is 5.97 Å². The molecule has 0 fully saturated rings. The molecule has 0 spiro atoms. The van der Waals surface area contributed by atoms with Crippen LogP contribution in [0.15, 0.2) is 48.8 Å². The number of nitrogens with zero attached hydrogens (tertiary/aromatic N) is 2. The molecule has 5 heteroatoms. The average Bonchev–Trinajstić information content (AvgIpc) is 2.79. The Bertz CT molecular complexity index is 770. The number of unbranched alkanes of at least 4 members (excludes halogenated alkanes) is 3. The van der Waals surface area contributed by atoms with E-state index in [4.69, 9.17) is 9.47 Å². The van der Waals surface area contributed by atoms with Gasteiger partial charge >= 0.3 is 5.97 Å². The first kappa shape index (κ1) is 24.7. The predicted octanol–water partition coefficient (Wildman–Crippen LogP) is 6.32. The molecule has 0 radical (unpaired) electrons. The van der Waals surface area contributed by atoms with Gasteiger partial charge in [-0.2, -0.15) is 0 Å². The van der Waals surface area contributed by atoms with E-state index in [9.17, 15) is 4.79 Å². The van der Waals surface area contributed by atoms with Gasteiger partial charge in [-0.25, -0.2) is 9.97 Å². The molecule has 0 aliphatic carbocycles. The summed E-state index contributed by atoms with van der Waals surface area (Å²) < 4.78 is 10.8. The van der Waals surface area contributed by atoms with E-state index in [0.717, 1.165) is 57.3 Å². The number of hydrogen-bond donors (Lipinski definition) is 0. The van der Waals surface area contributed by atoms with Crippen molar-refractivity contribution >= 4 is 5.97 Å². The van der Waals surface area contributed by atoms with Gasteiger partial charge in [0, 0.05) is 25.2 Å². The number of ether oxygens (including phenoxy) is 2. The molecule has 0 unspecified atom stereocenters. The van der Waals surface area contributed by atoms with E-state index in [1.54, 1.807) is 12.4 Å². The van der Waals surface area contributed by atoms with Crippen LogP contribution in [-0.4, -0.2) is 29.2 Å². The molecule has 2 rings (SSSR count). The number of esters is 1. The highest BCUT2D eigenvalue weighted by molar-refractivity contribution is 5.72. The molecule has 2 aromatic rings. The number of hydrogen-bond acceptors (Lipinski definition) is 5. The zero-order chi connectivity index (χ0) is 22.2. The van der Waals surface area contributed by atoms with Crippen LogP contribution in [0.3, 0.4) is 0 Å². The van der Waals surface area contributed by atoms with Gasteiger partial charge in [0.15, 0.2) is 11.6 Å². The molecule has 1 aromatic heterocycles. The van der Waals surface area contributed by atoms with Gasteiger partial charge in [0.2, 0.25) is 0 Å².